The lowest BCUT2D eigenvalue weighted by Gasteiger charge is -2.03. The lowest BCUT2D eigenvalue weighted by atomic mass is 10.1. The Morgan fingerprint density at radius 2 is 2.12 bits per heavy atom. The van der Waals surface area contributed by atoms with Gasteiger partial charge in [0.2, 0.25) is 0 Å². The third-order valence-corrected chi connectivity index (χ3v) is 2.81. The van der Waals surface area contributed by atoms with E-state index in [1.54, 1.807) is 19.2 Å². The van der Waals surface area contributed by atoms with Crippen molar-refractivity contribution >= 4 is 11.8 Å². The molecule has 2 rings (SSSR count). The van der Waals surface area contributed by atoms with E-state index in [1.807, 2.05) is 6.07 Å². The Morgan fingerprint density at radius 1 is 1.38 bits per heavy atom. The van der Waals surface area contributed by atoms with Gasteiger partial charge >= 0.3 is 5.97 Å². The largest absolute Gasteiger partial charge is 0.497 e. The SMILES string of the molecule is COC(=O)C1Cc2ccc(OC)cc2C1=O. The van der Waals surface area contributed by atoms with E-state index in [4.69, 9.17) is 4.74 Å². The highest BCUT2D eigenvalue weighted by molar-refractivity contribution is 6.12. The van der Waals surface area contributed by atoms with Crippen molar-refractivity contribution in [3.05, 3.63) is 29.3 Å². The van der Waals surface area contributed by atoms with Gasteiger partial charge in [0.25, 0.3) is 0 Å². The monoisotopic (exact) mass is 220 g/mol. The van der Waals surface area contributed by atoms with Crippen LogP contribution in [0.3, 0.4) is 0 Å². The lowest BCUT2D eigenvalue weighted by Crippen LogP contribution is -2.21. The molecule has 1 aromatic rings. The maximum absolute atomic E-state index is 11.9. The molecule has 1 unspecified atom stereocenters. The molecule has 0 radical (unpaired) electrons. The summed E-state index contributed by atoms with van der Waals surface area (Å²) in [6, 6.07) is 5.27. The molecular weight excluding hydrogens is 208 g/mol. The van der Waals surface area contributed by atoms with Crippen molar-refractivity contribution in [2.75, 3.05) is 14.2 Å². The van der Waals surface area contributed by atoms with Crippen LogP contribution in [0.15, 0.2) is 18.2 Å². The van der Waals surface area contributed by atoms with Gasteiger partial charge in [0.05, 0.1) is 14.2 Å². The predicted octanol–water partition coefficient (Wildman–Crippen LogP) is 1.22. The Hall–Kier alpha value is -1.84. The topological polar surface area (TPSA) is 52.6 Å². The van der Waals surface area contributed by atoms with E-state index in [0.717, 1.165) is 5.56 Å². The maximum atomic E-state index is 11.9. The molecule has 1 aliphatic rings. The quantitative estimate of drug-likeness (QED) is 0.555. The standard InChI is InChI=1S/C12H12O4/c1-15-8-4-3-7-5-10(12(14)16-2)11(13)9(7)6-8/h3-4,6,10H,5H2,1-2H3. The number of fused-ring (bicyclic) bond motifs is 1. The van der Waals surface area contributed by atoms with E-state index >= 15 is 0 Å². The number of ether oxygens (including phenoxy) is 2. The van der Waals surface area contributed by atoms with Crippen molar-refractivity contribution in [2.45, 2.75) is 6.42 Å². The molecule has 0 fully saturated rings. The highest BCUT2D eigenvalue weighted by atomic mass is 16.5. The molecule has 0 saturated heterocycles. The second-order valence-electron chi connectivity index (χ2n) is 3.67. The van der Waals surface area contributed by atoms with Crippen molar-refractivity contribution in [3.63, 3.8) is 0 Å². The minimum Gasteiger partial charge on any atom is -0.497 e. The number of rotatable bonds is 2. The molecule has 0 bridgehead atoms. The Bertz CT molecular complexity index is 450. The van der Waals surface area contributed by atoms with Gasteiger partial charge in [0.1, 0.15) is 11.7 Å². The van der Waals surface area contributed by atoms with Crippen LogP contribution in [-0.2, 0) is 16.0 Å². The van der Waals surface area contributed by atoms with Gasteiger partial charge in [-0.1, -0.05) is 6.07 Å². The molecule has 0 saturated carbocycles. The second kappa shape index (κ2) is 3.96. The summed E-state index contributed by atoms with van der Waals surface area (Å²) < 4.78 is 9.64. The van der Waals surface area contributed by atoms with Crippen LogP contribution in [0.1, 0.15) is 15.9 Å². The van der Waals surface area contributed by atoms with E-state index in [-0.39, 0.29) is 5.78 Å². The van der Waals surface area contributed by atoms with E-state index in [0.29, 0.717) is 17.7 Å². The molecule has 84 valence electrons. The maximum Gasteiger partial charge on any atom is 0.316 e. The number of carbonyl (C=O) groups is 2. The van der Waals surface area contributed by atoms with Gasteiger partial charge in [-0.2, -0.15) is 0 Å². The minimum absolute atomic E-state index is 0.180. The van der Waals surface area contributed by atoms with E-state index in [1.165, 1.54) is 7.11 Å². The van der Waals surface area contributed by atoms with Crippen LogP contribution in [0.2, 0.25) is 0 Å². The fraction of sp³-hybridized carbons (Fsp3) is 0.333. The minimum atomic E-state index is -0.688. The van der Waals surface area contributed by atoms with Gasteiger partial charge in [-0.05, 0) is 24.1 Å². The summed E-state index contributed by atoms with van der Waals surface area (Å²) >= 11 is 0. The summed E-state index contributed by atoms with van der Waals surface area (Å²) in [5.74, 6) is -0.717. The average molecular weight is 220 g/mol. The molecule has 0 aromatic heterocycles. The molecule has 4 nitrogen and oxygen atoms in total. The highest BCUT2D eigenvalue weighted by Crippen LogP contribution is 2.30. The fourth-order valence-corrected chi connectivity index (χ4v) is 1.92. The first-order chi connectivity index (χ1) is 7.67. The Morgan fingerprint density at radius 3 is 2.75 bits per heavy atom. The molecule has 1 atom stereocenters. The van der Waals surface area contributed by atoms with Crippen molar-refractivity contribution in [1.82, 2.24) is 0 Å². The van der Waals surface area contributed by atoms with Crippen LogP contribution < -0.4 is 4.74 Å². The van der Waals surface area contributed by atoms with Gasteiger partial charge in [-0.25, -0.2) is 0 Å². The molecule has 1 aromatic carbocycles. The van der Waals surface area contributed by atoms with E-state index < -0.39 is 11.9 Å². The number of benzene rings is 1. The van der Waals surface area contributed by atoms with E-state index in [9.17, 15) is 9.59 Å². The number of ketones is 1. The highest BCUT2D eigenvalue weighted by Gasteiger charge is 2.36. The normalized spacial score (nSPS) is 18.1. The molecule has 0 spiro atoms. The van der Waals surface area contributed by atoms with Crippen LogP contribution >= 0.6 is 0 Å². The van der Waals surface area contributed by atoms with E-state index in [2.05, 4.69) is 4.74 Å². The lowest BCUT2D eigenvalue weighted by molar-refractivity contribution is -0.143. The number of methoxy groups -OCH3 is 2. The zero-order valence-electron chi connectivity index (χ0n) is 9.15. The van der Waals surface area contributed by atoms with Crippen LogP contribution in [0.25, 0.3) is 0 Å². The summed E-state index contributed by atoms with van der Waals surface area (Å²) in [5, 5.41) is 0. The number of hydrogen-bond acceptors (Lipinski definition) is 4. The summed E-state index contributed by atoms with van der Waals surface area (Å²) in [4.78, 5) is 23.3. The third-order valence-electron chi connectivity index (χ3n) is 2.81. The van der Waals surface area contributed by atoms with Gasteiger partial charge < -0.3 is 9.47 Å². The Kier molecular flexibility index (Phi) is 2.64. The summed E-state index contributed by atoms with van der Waals surface area (Å²) in [5.41, 5.74) is 1.44. The van der Waals surface area contributed by atoms with Crippen LogP contribution in [0.5, 0.6) is 5.75 Å². The van der Waals surface area contributed by atoms with Crippen molar-refractivity contribution in [1.29, 1.82) is 0 Å². The molecule has 0 aliphatic heterocycles. The summed E-state index contributed by atoms with van der Waals surface area (Å²) in [7, 11) is 2.83. The number of carbonyl (C=O) groups excluding carboxylic acids is 2. The Balaban J connectivity index is 2.35. The molecule has 0 N–H and O–H groups in total. The summed E-state index contributed by atoms with van der Waals surface area (Å²) in [6.45, 7) is 0. The zero-order chi connectivity index (χ0) is 11.7. The molecule has 16 heavy (non-hydrogen) atoms. The Labute approximate surface area is 93.2 Å². The molecule has 1 aliphatic carbocycles. The van der Waals surface area contributed by atoms with Crippen LogP contribution in [-0.4, -0.2) is 26.0 Å². The van der Waals surface area contributed by atoms with Crippen LogP contribution in [0.4, 0.5) is 0 Å². The molecular formula is C12H12O4. The average Bonchev–Trinajstić information content (AvgIpc) is 2.65. The fourth-order valence-electron chi connectivity index (χ4n) is 1.92. The second-order valence-corrected chi connectivity index (χ2v) is 3.67. The molecule has 0 amide bonds. The third kappa shape index (κ3) is 1.56. The number of hydrogen-bond donors (Lipinski definition) is 0. The first-order valence-corrected chi connectivity index (χ1v) is 4.96. The van der Waals surface area contributed by atoms with Gasteiger partial charge in [-0.3, -0.25) is 9.59 Å². The van der Waals surface area contributed by atoms with Crippen molar-refractivity contribution in [3.8, 4) is 5.75 Å². The first kappa shape index (κ1) is 10.7. The van der Waals surface area contributed by atoms with Gasteiger partial charge in [0, 0.05) is 5.56 Å². The number of esters is 1. The zero-order valence-corrected chi connectivity index (χ0v) is 9.15. The van der Waals surface area contributed by atoms with Crippen molar-refractivity contribution in [2.24, 2.45) is 5.92 Å². The molecule has 4 heteroatoms. The smallest absolute Gasteiger partial charge is 0.316 e. The first-order valence-electron chi connectivity index (χ1n) is 4.96. The van der Waals surface area contributed by atoms with Crippen molar-refractivity contribution < 1.29 is 19.1 Å². The number of Topliss-reactive ketones (excluding diaryl/α,β-unsaturated/α-hetero) is 1. The molecule has 0 heterocycles. The predicted molar refractivity (Wildman–Crippen MR) is 56.5 cm³/mol. The van der Waals surface area contributed by atoms with Crippen LogP contribution in [0, 0.1) is 5.92 Å². The summed E-state index contributed by atoms with van der Waals surface area (Å²) in [6.07, 6.45) is 0.421. The van der Waals surface area contributed by atoms with Gasteiger partial charge in [0.15, 0.2) is 5.78 Å². The van der Waals surface area contributed by atoms with Gasteiger partial charge in [-0.15, -0.1) is 0 Å².